The SMILES string of the molecule is CCNC(=NCC1CCS(=O)(=O)C1)N1CCN(C2CC2)C(=O)C1.I. The van der Waals surface area contributed by atoms with Crippen molar-refractivity contribution < 1.29 is 13.2 Å². The number of nitrogens with zero attached hydrogens (tertiary/aromatic N) is 3. The largest absolute Gasteiger partial charge is 0.357 e. The third-order valence-electron chi connectivity index (χ3n) is 4.71. The van der Waals surface area contributed by atoms with Gasteiger partial charge < -0.3 is 15.1 Å². The lowest BCUT2D eigenvalue weighted by Gasteiger charge is -2.36. The fraction of sp³-hybridized carbons (Fsp3) is 0.867. The van der Waals surface area contributed by atoms with Crippen LogP contribution in [-0.4, -0.2) is 80.4 Å². The topological polar surface area (TPSA) is 82.1 Å². The second kappa shape index (κ2) is 8.20. The summed E-state index contributed by atoms with van der Waals surface area (Å²) in [7, 11) is -2.86. The van der Waals surface area contributed by atoms with E-state index in [9.17, 15) is 13.2 Å². The number of nitrogens with one attached hydrogen (secondary N) is 1. The highest BCUT2D eigenvalue weighted by Crippen LogP contribution is 2.28. The molecule has 2 aliphatic heterocycles. The van der Waals surface area contributed by atoms with Crippen LogP contribution in [0.15, 0.2) is 4.99 Å². The smallest absolute Gasteiger partial charge is 0.242 e. The zero-order valence-corrected chi connectivity index (χ0v) is 17.3. The van der Waals surface area contributed by atoms with Gasteiger partial charge in [-0.05, 0) is 32.1 Å². The van der Waals surface area contributed by atoms with Crippen molar-refractivity contribution in [2.45, 2.75) is 32.2 Å². The van der Waals surface area contributed by atoms with Gasteiger partial charge in [-0.25, -0.2) is 8.42 Å². The van der Waals surface area contributed by atoms with E-state index in [1.54, 1.807) is 0 Å². The van der Waals surface area contributed by atoms with Crippen LogP contribution in [0.25, 0.3) is 0 Å². The molecule has 1 saturated carbocycles. The predicted octanol–water partition coefficient (Wildman–Crippen LogP) is 0.311. The fourth-order valence-electron chi connectivity index (χ4n) is 3.30. The van der Waals surface area contributed by atoms with Crippen LogP contribution in [0.2, 0.25) is 0 Å². The van der Waals surface area contributed by atoms with E-state index in [-0.39, 0.29) is 47.3 Å². The Morgan fingerprint density at radius 1 is 1.29 bits per heavy atom. The molecular weight excluding hydrogens is 443 g/mol. The Morgan fingerprint density at radius 3 is 2.58 bits per heavy atom. The van der Waals surface area contributed by atoms with Crippen LogP contribution >= 0.6 is 24.0 Å². The Labute approximate surface area is 161 Å². The molecule has 0 spiro atoms. The molecule has 2 saturated heterocycles. The van der Waals surface area contributed by atoms with Crippen molar-refractivity contribution in [3.05, 3.63) is 0 Å². The molecule has 9 heteroatoms. The number of guanidine groups is 1. The van der Waals surface area contributed by atoms with Crippen molar-refractivity contribution in [3.63, 3.8) is 0 Å². The molecule has 0 radical (unpaired) electrons. The zero-order chi connectivity index (χ0) is 16.4. The molecule has 1 amide bonds. The minimum atomic E-state index is -2.86. The number of aliphatic imine (C=N–C) groups is 1. The lowest BCUT2D eigenvalue weighted by atomic mass is 10.1. The van der Waals surface area contributed by atoms with Crippen LogP contribution in [0.4, 0.5) is 0 Å². The van der Waals surface area contributed by atoms with Gasteiger partial charge in [0.1, 0.15) is 0 Å². The third kappa shape index (κ3) is 4.96. The number of amides is 1. The number of rotatable bonds is 4. The van der Waals surface area contributed by atoms with E-state index in [2.05, 4.69) is 10.3 Å². The fourth-order valence-corrected chi connectivity index (χ4v) is 5.15. The first kappa shape index (κ1) is 19.7. The van der Waals surface area contributed by atoms with Crippen molar-refractivity contribution >= 4 is 45.7 Å². The number of hydrogen-bond donors (Lipinski definition) is 1. The highest BCUT2D eigenvalue weighted by Gasteiger charge is 2.36. The van der Waals surface area contributed by atoms with Gasteiger partial charge in [-0.3, -0.25) is 9.79 Å². The van der Waals surface area contributed by atoms with E-state index in [0.29, 0.717) is 25.6 Å². The number of halogens is 1. The maximum atomic E-state index is 12.3. The first-order valence-corrected chi connectivity index (χ1v) is 10.3. The van der Waals surface area contributed by atoms with Crippen LogP contribution < -0.4 is 5.32 Å². The molecule has 2 heterocycles. The van der Waals surface area contributed by atoms with E-state index < -0.39 is 9.84 Å². The van der Waals surface area contributed by atoms with Gasteiger partial charge in [0.2, 0.25) is 5.91 Å². The lowest BCUT2D eigenvalue weighted by molar-refractivity contribution is -0.135. The second-order valence-corrected chi connectivity index (χ2v) is 8.93. The quantitative estimate of drug-likeness (QED) is 0.364. The Morgan fingerprint density at radius 2 is 2.04 bits per heavy atom. The summed E-state index contributed by atoms with van der Waals surface area (Å²) in [5, 5.41) is 3.23. The molecule has 1 aliphatic carbocycles. The average molecular weight is 470 g/mol. The van der Waals surface area contributed by atoms with E-state index in [1.807, 2.05) is 16.7 Å². The summed E-state index contributed by atoms with van der Waals surface area (Å²) in [5.74, 6) is 1.54. The van der Waals surface area contributed by atoms with Gasteiger partial charge >= 0.3 is 0 Å². The highest BCUT2D eigenvalue weighted by atomic mass is 127. The van der Waals surface area contributed by atoms with Crippen LogP contribution in [-0.2, 0) is 14.6 Å². The minimum Gasteiger partial charge on any atom is -0.357 e. The molecule has 0 aromatic carbocycles. The first-order chi connectivity index (χ1) is 11.0. The summed E-state index contributed by atoms with van der Waals surface area (Å²) in [4.78, 5) is 20.8. The molecule has 3 aliphatic rings. The minimum absolute atomic E-state index is 0. The van der Waals surface area contributed by atoms with E-state index in [1.165, 1.54) is 0 Å². The number of hydrogen-bond acceptors (Lipinski definition) is 4. The number of carbonyl (C=O) groups is 1. The molecule has 3 rings (SSSR count). The normalized spacial score (nSPS) is 27.1. The number of sulfone groups is 1. The highest BCUT2D eigenvalue weighted by molar-refractivity contribution is 14.0. The Hall–Kier alpha value is -0.580. The van der Waals surface area contributed by atoms with Gasteiger partial charge in [0.25, 0.3) is 0 Å². The molecule has 1 unspecified atom stereocenters. The summed E-state index contributed by atoms with van der Waals surface area (Å²) in [6, 6.07) is 0.466. The second-order valence-electron chi connectivity index (χ2n) is 6.70. The van der Waals surface area contributed by atoms with E-state index >= 15 is 0 Å². The van der Waals surface area contributed by atoms with Gasteiger partial charge in [0, 0.05) is 32.2 Å². The van der Waals surface area contributed by atoms with Gasteiger partial charge in [0.05, 0.1) is 18.1 Å². The van der Waals surface area contributed by atoms with Crippen LogP contribution in [0, 0.1) is 5.92 Å². The number of piperazine rings is 1. The van der Waals surface area contributed by atoms with Gasteiger partial charge in [-0.1, -0.05) is 0 Å². The van der Waals surface area contributed by atoms with Crippen LogP contribution in [0.1, 0.15) is 26.2 Å². The number of carbonyl (C=O) groups excluding carboxylic acids is 1. The standard InChI is InChI=1S/C15H26N4O3S.HI/c1-2-16-15(17-9-12-5-8-23(21,22)11-12)18-6-7-19(13-3-4-13)14(20)10-18;/h12-13H,2-11H2,1H3,(H,16,17);1H. The zero-order valence-electron chi connectivity index (χ0n) is 14.1. The van der Waals surface area contributed by atoms with Crippen molar-refractivity contribution in [2.24, 2.45) is 10.9 Å². The molecular formula is C15H27IN4O3S. The van der Waals surface area contributed by atoms with Gasteiger partial charge in [-0.15, -0.1) is 24.0 Å². The van der Waals surface area contributed by atoms with Crippen molar-refractivity contribution in [3.8, 4) is 0 Å². The van der Waals surface area contributed by atoms with Crippen molar-refractivity contribution in [1.82, 2.24) is 15.1 Å². The third-order valence-corrected chi connectivity index (χ3v) is 6.54. The van der Waals surface area contributed by atoms with Crippen molar-refractivity contribution in [1.29, 1.82) is 0 Å². The molecule has 0 bridgehead atoms. The summed E-state index contributed by atoms with van der Waals surface area (Å²) in [6.07, 6.45) is 2.96. The van der Waals surface area contributed by atoms with E-state index in [0.717, 1.165) is 38.4 Å². The molecule has 1 atom stereocenters. The summed E-state index contributed by atoms with van der Waals surface area (Å²) >= 11 is 0. The summed E-state index contributed by atoms with van der Waals surface area (Å²) in [5.41, 5.74) is 0. The molecule has 0 aromatic rings. The van der Waals surface area contributed by atoms with Crippen molar-refractivity contribution in [2.75, 3.05) is 44.2 Å². The van der Waals surface area contributed by atoms with Gasteiger partial charge in [-0.2, -0.15) is 0 Å². The van der Waals surface area contributed by atoms with Crippen LogP contribution in [0.3, 0.4) is 0 Å². The Kier molecular flexibility index (Phi) is 6.74. The first-order valence-electron chi connectivity index (χ1n) is 8.51. The molecule has 138 valence electrons. The molecule has 1 N–H and O–H groups in total. The lowest BCUT2D eigenvalue weighted by Crippen LogP contribution is -2.55. The summed E-state index contributed by atoms with van der Waals surface area (Å²) < 4.78 is 23.1. The monoisotopic (exact) mass is 470 g/mol. The summed E-state index contributed by atoms with van der Waals surface area (Å²) in [6.45, 7) is 5.16. The Bertz CT molecular complexity index is 592. The molecule has 0 aromatic heterocycles. The maximum absolute atomic E-state index is 12.3. The maximum Gasteiger partial charge on any atom is 0.242 e. The van der Waals surface area contributed by atoms with Crippen LogP contribution in [0.5, 0.6) is 0 Å². The molecule has 3 fully saturated rings. The van der Waals surface area contributed by atoms with Gasteiger partial charge in [0.15, 0.2) is 15.8 Å². The molecule has 24 heavy (non-hydrogen) atoms. The van der Waals surface area contributed by atoms with E-state index in [4.69, 9.17) is 0 Å². The Balaban J connectivity index is 0.00000208. The molecule has 7 nitrogen and oxygen atoms in total. The average Bonchev–Trinajstić information content (AvgIpc) is 3.27. The predicted molar refractivity (Wildman–Crippen MR) is 104 cm³/mol.